The predicted octanol–water partition coefficient (Wildman–Crippen LogP) is 1.45. The molecular formula is C8H11N3O. The van der Waals surface area contributed by atoms with Gasteiger partial charge in [-0.25, -0.2) is 0 Å². The fraction of sp³-hybridized carbons (Fsp3) is 0.625. The molecule has 0 rings (SSSR count). The van der Waals surface area contributed by atoms with E-state index >= 15 is 0 Å². The average Bonchev–Trinajstić information content (AvgIpc) is 2.05. The maximum absolute atomic E-state index is 8.29. The van der Waals surface area contributed by atoms with Crippen LogP contribution in [0.4, 0.5) is 0 Å². The molecule has 0 aliphatic carbocycles. The largest absolute Gasteiger partial charge is 0.391 e. The molecule has 0 radical (unpaired) electrons. The minimum absolute atomic E-state index is 0.0818. The summed E-state index contributed by atoms with van der Waals surface area (Å²) in [5.41, 5.74) is -0.248. The van der Waals surface area contributed by atoms with Crippen molar-refractivity contribution in [2.45, 2.75) is 26.9 Å². The third-order valence-corrected chi connectivity index (χ3v) is 1.46. The molecule has 12 heavy (non-hydrogen) atoms. The lowest BCUT2D eigenvalue weighted by Crippen LogP contribution is -2.13. The van der Waals surface area contributed by atoms with Crippen LogP contribution in [-0.4, -0.2) is 11.8 Å². The molecule has 0 heterocycles. The predicted molar refractivity (Wildman–Crippen MR) is 44.0 cm³/mol. The summed E-state index contributed by atoms with van der Waals surface area (Å²) >= 11 is 0. The number of nitriles is 2. The molecule has 0 N–H and O–H groups in total. The number of hydrogen-bond acceptors (Lipinski definition) is 4. The fourth-order valence-electron chi connectivity index (χ4n) is 0.323. The standard InChI is InChI=1S/C8H11N3O/c1-6(2)7(3)12-11-8(4-9)5-10/h6-7H,1-3H3. The molecule has 0 aliphatic rings. The lowest BCUT2D eigenvalue weighted by molar-refractivity contribution is 0.0409. The van der Waals surface area contributed by atoms with Gasteiger partial charge in [-0.15, -0.1) is 0 Å². The molecule has 0 bridgehead atoms. The van der Waals surface area contributed by atoms with E-state index in [1.54, 1.807) is 12.1 Å². The lowest BCUT2D eigenvalue weighted by Gasteiger charge is -2.11. The van der Waals surface area contributed by atoms with Crippen molar-refractivity contribution in [2.24, 2.45) is 11.1 Å². The Morgan fingerprint density at radius 3 is 2.08 bits per heavy atom. The van der Waals surface area contributed by atoms with Crippen LogP contribution in [0, 0.1) is 28.6 Å². The molecule has 1 atom stereocenters. The minimum atomic E-state index is -0.248. The quantitative estimate of drug-likeness (QED) is 0.469. The first-order chi connectivity index (χ1) is 5.61. The molecule has 0 spiro atoms. The Balaban J connectivity index is 4.07. The molecule has 0 aromatic carbocycles. The van der Waals surface area contributed by atoms with Crippen LogP contribution in [0.15, 0.2) is 5.16 Å². The van der Waals surface area contributed by atoms with Crippen LogP contribution in [0.2, 0.25) is 0 Å². The van der Waals surface area contributed by atoms with Gasteiger partial charge in [-0.3, -0.25) is 0 Å². The van der Waals surface area contributed by atoms with Gasteiger partial charge in [0, 0.05) is 0 Å². The SMILES string of the molecule is CC(C)C(C)ON=C(C#N)C#N. The van der Waals surface area contributed by atoms with E-state index in [4.69, 9.17) is 15.4 Å². The molecule has 4 nitrogen and oxygen atoms in total. The zero-order chi connectivity index (χ0) is 9.56. The first kappa shape index (κ1) is 10.4. The molecule has 4 heteroatoms. The average molecular weight is 165 g/mol. The number of rotatable bonds is 3. The molecular weight excluding hydrogens is 154 g/mol. The van der Waals surface area contributed by atoms with Crippen molar-refractivity contribution in [1.29, 1.82) is 10.5 Å². The van der Waals surface area contributed by atoms with Crippen molar-refractivity contribution in [2.75, 3.05) is 0 Å². The van der Waals surface area contributed by atoms with Crippen molar-refractivity contribution in [1.82, 2.24) is 0 Å². The van der Waals surface area contributed by atoms with Crippen molar-refractivity contribution in [3.63, 3.8) is 0 Å². The molecule has 0 aliphatic heterocycles. The van der Waals surface area contributed by atoms with E-state index in [1.165, 1.54) is 0 Å². The summed E-state index contributed by atoms with van der Waals surface area (Å²) in [5, 5.41) is 20.0. The van der Waals surface area contributed by atoms with Gasteiger partial charge in [-0.1, -0.05) is 19.0 Å². The van der Waals surface area contributed by atoms with Crippen LogP contribution in [0.5, 0.6) is 0 Å². The molecule has 0 saturated heterocycles. The minimum Gasteiger partial charge on any atom is -0.391 e. The number of oxime groups is 1. The van der Waals surface area contributed by atoms with Crippen LogP contribution in [-0.2, 0) is 4.84 Å². The van der Waals surface area contributed by atoms with Gasteiger partial charge in [0.25, 0.3) is 5.71 Å². The van der Waals surface area contributed by atoms with Crippen molar-refractivity contribution >= 4 is 5.71 Å². The Labute approximate surface area is 72.0 Å². The maximum Gasteiger partial charge on any atom is 0.256 e. The third kappa shape index (κ3) is 3.58. The van der Waals surface area contributed by atoms with Gasteiger partial charge in [0.1, 0.15) is 18.2 Å². The monoisotopic (exact) mass is 165 g/mol. The number of nitrogens with zero attached hydrogens (tertiary/aromatic N) is 3. The highest BCUT2D eigenvalue weighted by molar-refractivity contribution is 6.09. The van der Waals surface area contributed by atoms with Crippen LogP contribution < -0.4 is 0 Å². The molecule has 0 saturated carbocycles. The fourth-order valence-corrected chi connectivity index (χ4v) is 0.323. The summed E-state index contributed by atoms with van der Waals surface area (Å²) in [6, 6.07) is 3.22. The molecule has 0 aromatic rings. The highest BCUT2D eigenvalue weighted by atomic mass is 16.6. The summed E-state index contributed by atoms with van der Waals surface area (Å²) in [6.45, 7) is 5.78. The molecule has 64 valence electrons. The van der Waals surface area contributed by atoms with Crippen LogP contribution in [0.25, 0.3) is 0 Å². The summed E-state index contributed by atoms with van der Waals surface area (Å²) < 4.78 is 0. The van der Waals surface area contributed by atoms with Crippen molar-refractivity contribution < 1.29 is 4.84 Å². The van der Waals surface area contributed by atoms with E-state index in [-0.39, 0.29) is 11.8 Å². The maximum atomic E-state index is 8.29. The van der Waals surface area contributed by atoms with Gasteiger partial charge in [0.05, 0.1) is 0 Å². The Morgan fingerprint density at radius 1 is 1.25 bits per heavy atom. The second kappa shape index (κ2) is 5.15. The second-order valence-corrected chi connectivity index (χ2v) is 2.72. The van der Waals surface area contributed by atoms with E-state index < -0.39 is 0 Å². The van der Waals surface area contributed by atoms with Gasteiger partial charge >= 0.3 is 0 Å². The van der Waals surface area contributed by atoms with E-state index in [0.29, 0.717) is 5.92 Å². The summed E-state index contributed by atoms with van der Waals surface area (Å²) in [6.07, 6.45) is -0.0818. The van der Waals surface area contributed by atoms with E-state index in [1.807, 2.05) is 20.8 Å². The first-order valence-corrected chi connectivity index (χ1v) is 3.65. The Kier molecular flexibility index (Phi) is 4.48. The van der Waals surface area contributed by atoms with Gasteiger partial charge in [-0.05, 0) is 12.8 Å². The third-order valence-electron chi connectivity index (χ3n) is 1.46. The van der Waals surface area contributed by atoms with Crippen LogP contribution >= 0.6 is 0 Å². The summed E-state index contributed by atoms with van der Waals surface area (Å²) in [4.78, 5) is 4.89. The molecule has 1 unspecified atom stereocenters. The van der Waals surface area contributed by atoms with Crippen LogP contribution in [0.1, 0.15) is 20.8 Å². The van der Waals surface area contributed by atoms with Gasteiger partial charge in [0.15, 0.2) is 0 Å². The number of hydrogen-bond donors (Lipinski definition) is 0. The van der Waals surface area contributed by atoms with E-state index in [0.717, 1.165) is 0 Å². The zero-order valence-corrected chi connectivity index (χ0v) is 7.40. The Morgan fingerprint density at radius 2 is 1.75 bits per heavy atom. The highest BCUT2D eigenvalue weighted by Crippen LogP contribution is 2.05. The highest BCUT2D eigenvalue weighted by Gasteiger charge is 2.07. The summed E-state index contributed by atoms with van der Waals surface area (Å²) in [7, 11) is 0. The van der Waals surface area contributed by atoms with Gasteiger partial charge in [-0.2, -0.15) is 10.5 Å². The lowest BCUT2D eigenvalue weighted by atomic mass is 10.1. The van der Waals surface area contributed by atoms with Gasteiger partial charge in [0.2, 0.25) is 0 Å². The van der Waals surface area contributed by atoms with E-state index in [2.05, 4.69) is 5.16 Å². The molecule has 0 aromatic heterocycles. The summed E-state index contributed by atoms with van der Waals surface area (Å²) in [5.74, 6) is 0.312. The smallest absolute Gasteiger partial charge is 0.256 e. The molecule has 0 fully saturated rings. The normalized spacial score (nSPS) is 11.2. The Hall–Kier alpha value is -1.55. The van der Waals surface area contributed by atoms with Crippen LogP contribution in [0.3, 0.4) is 0 Å². The second-order valence-electron chi connectivity index (χ2n) is 2.72. The molecule has 0 amide bonds. The topological polar surface area (TPSA) is 69.2 Å². The van der Waals surface area contributed by atoms with Crippen molar-refractivity contribution in [3.8, 4) is 12.1 Å². The Bertz CT molecular complexity index is 228. The van der Waals surface area contributed by atoms with Crippen molar-refractivity contribution in [3.05, 3.63) is 0 Å². The first-order valence-electron chi connectivity index (χ1n) is 3.65. The van der Waals surface area contributed by atoms with Gasteiger partial charge < -0.3 is 4.84 Å². The zero-order valence-electron chi connectivity index (χ0n) is 7.40. The van der Waals surface area contributed by atoms with E-state index in [9.17, 15) is 0 Å².